The summed E-state index contributed by atoms with van der Waals surface area (Å²) in [5.74, 6) is 0.0930. The van der Waals surface area contributed by atoms with Crippen LogP contribution in [-0.2, 0) is 13.5 Å². The van der Waals surface area contributed by atoms with Crippen LogP contribution in [0.15, 0.2) is 30.7 Å². The van der Waals surface area contributed by atoms with Crippen molar-refractivity contribution in [3.63, 3.8) is 0 Å². The van der Waals surface area contributed by atoms with Crippen molar-refractivity contribution in [2.75, 3.05) is 19.6 Å². The normalized spacial score (nSPS) is 20.4. The minimum atomic E-state index is -0.0795. The summed E-state index contributed by atoms with van der Waals surface area (Å²) in [7, 11) is 1.93. The predicted octanol–water partition coefficient (Wildman–Crippen LogP) is 0.802. The van der Waals surface area contributed by atoms with Gasteiger partial charge in [0.25, 0.3) is 0 Å². The zero-order valence-corrected chi connectivity index (χ0v) is 14.1. The second-order valence-corrected chi connectivity index (χ2v) is 6.39. The van der Waals surface area contributed by atoms with Crippen molar-refractivity contribution in [2.24, 2.45) is 12.8 Å². The Labute approximate surface area is 141 Å². The van der Waals surface area contributed by atoms with E-state index in [2.05, 4.69) is 15.3 Å². The van der Waals surface area contributed by atoms with E-state index in [-0.39, 0.29) is 18.0 Å². The summed E-state index contributed by atoms with van der Waals surface area (Å²) in [6.07, 6.45) is 4.45. The van der Waals surface area contributed by atoms with Gasteiger partial charge in [0.2, 0.25) is 0 Å². The molecule has 0 saturated carbocycles. The highest BCUT2D eigenvalue weighted by Crippen LogP contribution is 2.24. The van der Waals surface area contributed by atoms with Crippen LogP contribution in [-0.4, -0.2) is 51.1 Å². The standard InChI is InChI=1S/C17H24N6O/c1-12-4-3-5-13(21-12)6-7-19-17(24)23-8-14(15(18)9-23)16-10-22(2)11-20-16/h3-5,10-11,14-15H,6-9,18H2,1-2H3,(H,19,24)/t14-,15-/m1/s1. The molecular formula is C17H24N6O. The molecule has 0 spiro atoms. The van der Waals surface area contributed by atoms with Crippen molar-refractivity contribution in [2.45, 2.75) is 25.3 Å². The molecule has 1 aliphatic rings. The molecule has 3 heterocycles. The number of aryl methyl sites for hydroxylation is 2. The minimum absolute atomic E-state index is 0.0727. The summed E-state index contributed by atoms with van der Waals surface area (Å²) in [5, 5.41) is 2.96. The molecule has 3 N–H and O–H groups in total. The molecule has 7 heteroatoms. The van der Waals surface area contributed by atoms with Crippen LogP contribution in [0, 0.1) is 6.92 Å². The number of urea groups is 1. The first-order chi connectivity index (χ1) is 11.5. The highest BCUT2D eigenvalue weighted by Gasteiger charge is 2.35. The molecule has 3 rings (SSSR count). The molecule has 0 radical (unpaired) electrons. The number of imidazole rings is 1. The average molecular weight is 328 g/mol. The van der Waals surface area contributed by atoms with Gasteiger partial charge in [-0.15, -0.1) is 0 Å². The van der Waals surface area contributed by atoms with Gasteiger partial charge in [-0.2, -0.15) is 0 Å². The molecule has 7 nitrogen and oxygen atoms in total. The number of carbonyl (C=O) groups is 1. The molecule has 2 amide bonds. The van der Waals surface area contributed by atoms with Crippen LogP contribution in [0.3, 0.4) is 0 Å². The van der Waals surface area contributed by atoms with E-state index in [9.17, 15) is 4.79 Å². The lowest BCUT2D eigenvalue weighted by Crippen LogP contribution is -2.40. The van der Waals surface area contributed by atoms with Crippen molar-refractivity contribution >= 4 is 6.03 Å². The maximum absolute atomic E-state index is 12.3. The SMILES string of the molecule is Cc1cccc(CCNC(=O)N2C[C@@H](N)[C@H](c3cn(C)cn3)C2)n1. The molecule has 1 saturated heterocycles. The molecule has 1 aliphatic heterocycles. The first-order valence-corrected chi connectivity index (χ1v) is 8.21. The van der Waals surface area contributed by atoms with Gasteiger partial charge in [0.1, 0.15) is 0 Å². The summed E-state index contributed by atoms with van der Waals surface area (Å²) in [6, 6.07) is 5.77. The molecule has 0 aromatic carbocycles. The molecule has 0 unspecified atom stereocenters. The van der Waals surface area contributed by atoms with E-state index in [4.69, 9.17) is 5.73 Å². The minimum Gasteiger partial charge on any atom is -0.340 e. The number of aromatic nitrogens is 3. The first kappa shape index (κ1) is 16.4. The van der Waals surface area contributed by atoms with E-state index < -0.39 is 0 Å². The molecule has 24 heavy (non-hydrogen) atoms. The van der Waals surface area contributed by atoms with Gasteiger partial charge in [-0.1, -0.05) is 6.07 Å². The quantitative estimate of drug-likeness (QED) is 0.869. The van der Waals surface area contributed by atoms with Gasteiger partial charge < -0.3 is 20.5 Å². The molecular weight excluding hydrogens is 304 g/mol. The van der Waals surface area contributed by atoms with Crippen LogP contribution in [0.1, 0.15) is 23.0 Å². The van der Waals surface area contributed by atoms with Crippen LogP contribution in [0.5, 0.6) is 0 Å². The van der Waals surface area contributed by atoms with Crippen LogP contribution in [0.25, 0.3) is 0 Å². The smallest absolute Gasteiger partial charge is 0.317 e. The van der Waals surface area contributed by atoms with E-state index >= 15 is 0 Å². The van der Waals surface area contributed by atoms with Gasteiger partial charge in [-0.05, 0) is 19.1 Å². The highest BCUT2D eigenvalue weighted by molar-refractivity contribution is 5.74. The number of likely N-dealkylation sites (tertiary alicyclic amines) is 1. The molecule has 2 aromatic heterocycles. The lowest BCUT2D eigenvalue weighted by molar-refractivity contribution is 0.208. The number of rotatable bonds is 4. The number of hydrogen-bond donors (Lipinski definition) is 2. The van der Waals surface area contributed by atoms with Gasteiger partial charge in [0, 0.05) is 62.6 Å². The van der Waals surface area contributed by atoms with E-state index in [1.54, 1.807) is 11.2 Å². The van der Waals surface area contributed by atoms with Crippen LogP contribution in [0.2, 0.25) is 0 Å². The maximum atomic E-state index is 12.3. The fourth-order valence-corrected chi connectivity index (χ4v) is 3.08. The monoisotopic (exact) mass is 328 g/mol. The number of nitrogens with two attached hydrogens (primary N) is 1. The summed E-state index contributed by atoms with van der Waals surface area (Å²) >= 11 is 0. The van der Waals surface area contributed by atoms with Crippen molar-refractivity contribution < 1.29 is 4.79 Å². The Morgan fingerprint density at radius 2 is 2.25 bits per heavy atom. The van der Waals surface area contributed by atoms with Gasteiger partial charge in [-0.3, -0.25) is 4.98 Å². The topological polar surface area (TPSA) is 89.1 Å². The molecule has 0 aliphatic carbocycles. The van der Waals surface area contributed by atoms with Gasteiger partial charge in [0.15, 0.2) is 0 Å². The fourth-order valence-electron chi connectivity index (χ4n) is 3.08. The number of carbonyl (C=O) groups excluding carboxylic acids is 1. The van der Waals surface area contributed by atoms with E-state index in [1.165, 1.54) is 0 Å². The largest absolute Gasteiger partial charge is 0.340 e. The van der Waals surface area contributed by atoms with Crippen LogP contribution < -0.4 is 11.1 Å². The maximum Gasteiger partial charge on any atom is 0.317 e. The summed E-state index contributed by atoms with van der Waals surface area (Å²) in [5.41, 5.74) is 9.13. The zero-order valence-electron chi connectivity index (χ0n) is 14.1. The zero-order chi connectivity index (χ0) is 17.1. The first-order valence-electron chi connectivity index (χ1n) is 8.21. The van der Waals surface area contributed by atoms with E-state index in [0.717, 1.165) is 23.5 Å². The van der Waals surface area contributed by atoms with E-state index in [1.807, 2.05) is 42.9 Å². The molecule has 128 valence electrons. The Bertz CT molecular complexity index is 713. The Morgan fingerprint density at radius 3 is 2.96 bits per heavy atom. The molecule has 2 atom stereocenters. The number of hydrogen-bond acceptors (Lipinski definition) is 4. The van der Waals surface area contributed by atoms with Gasteiger partial charge in [-0.25, -0.2) is 9.78 Å². The summed E-state index contributed by atoms with van der Waals surface area (Å²) < 4.78 is 1.90. The molecule has 0 bridgehead atoms. The Kier molecular flexibility index (Phi) is 4.80. The second kappa shape index (κ2) is 7.00. The third-order valence-corrected chi connectivity index (χ3v) is 4.36. The number of nitrogens with one attached hydrogen (secondary N) is 1. The fraction of sp³-hybridized carbons (Fsp3) is 0.471. The lowest BCUT2D eigenvalue weighted by Gasteiger charge is -2.16. The van der Waals surface area contributed by atoms with Crippen LogP contribution >= 0.6 is 0 Å². The van der Waals surface area contributed by atoms with Crippen molar-refractivity contribution in [3.8, 4) is 0 Å². The average Bonchev–Trinajstić information content (AvgIpc) is 3.13. The predicted molar refractivity (Wildman–Crippen MR) is 91.6 cm³/mol. The van der Waals surface area contributed by atoms with Crippen molar-refractivity contribution in [3.05, 3.63) is 47.8 Å². The highest BCUT2D eigenvalue weighted by atomic mass is 16.2. The molecule has 1 fully saturated rings. The number of amides is 2. The third kappa shape index (κ3) is 3.73. The Balaban J connectivity index is 1.51. The second-order valence-electron chi connectivity index (χ2n) is 6.39. The van der Waals surface area contributed by atoms with Gasteiger partial charge in [0.05, 0.1) is 12.0 Å². The van der Waals surface area contributed by atoms with Gasteiger partial charge >= 0.3 is 6.03 Å². The number of pyridine rings is 1. The van der Waals surface area contributed by atoms with Crippen LogP contribution in [0.4, 0.5) is 4.79 Å². The lowest BCUT2D eigenvalue weighted by atomic mass is 10.0. The molecule has 2 aromatic rings. The van der Waals surface area contributed by atoms with E-state index in [0.29, 0.717) is 19.6 Å². The van der Waals surface area contributed by atoms with Crippen molar-refractivity contribution in [1.82, 2.24) is 24.8 Å². The summed E-state index contributed by atoms with van der Waals surface area (Å²) in [6.45, 7) is 3.68. The Hall–Kier alpha value is -2.41. The Morgan fingerprint density at radius 1 is 1.42 bits per heavy atom. The summed E-state index contributed by atoms with van der Waals surface area (Å²) in [4.78, 5) is 22.9. The third-order valence-electron chi connectivity index (χ3n) is 4.36. The number of nitrogens with zero attached hydrogens (tertiary/aromatic N) is 4. The van der Waals surface area contributed by atoms with Crippen molar-refractivity contribution in [1.29, 1.82) is 0 Å².